The van der Waals surface area contributed by atoms with Gasteiger partial charge in [0.15, 0.2) is 0 Å². The molecule has 0 amide bonds. The molecule has 0 spiro atoms. The molecule has 0 aliphatic heterocycles. The van der Waals surface area contributed by atoms with Crippen molar-refractivity contribution < 1.29 is 0 Å². The molecule has 1 aliphatic carbocycles. The topological polar surface area (TPSA) is 0 Å². The fourth-order valence-corrected chi connectivity index (χ4v) is 1.46. The molecule has 0 atom stereocenters. The van der Waals surface area contributed by atoms with Crippen LogP contribution in [0.4, 0.5) is 0 Å². The van der Waals surface area contributed by atoms with Crippen molar-refractivity contribution in [3.05, 3.63) is 36.5 Å². The molecule has 0 aromatic carbocycles. The number of hydrogen-bond donors (Lipinski definition) is 0. The van der Waals surface area contributed by atoms with Gasteiger partial charge in [0.25, 0.3) is 0 Å². The van der Waals surface area contributed by atoms with Crippen molar-refractivity contribution in [1.82, 2.24) is 0 Å². The average molecular weight is 176 g/mol. The lowest BCUT2D eigenvalue weighted by Gasteiger charge is -1.92. The summed E-state index contributed by atoms with van der Waals surface area (Å²) in [4.78, 5) is 0. The zero-order chi connectivity index (χ0) is 9.19. The van der Waals surface area contributed by atoms with Crippen LogP contribution >= 0.6 is 0 Å². The van der Waals surface area contributed by atoms with E-state index in [0.717, 1.165) is 0 Å². The van der Waals surface area contributed by atoms with Gasteiger partial charge in [-0.1, -0.05) is 36.5 Å². The quantitative estimate of drug-likeness (QED) is 0.480. The van der Waals surface area contributed by atoms with E-state index in [-0.39, 0.29) is 0 Å². The van der Waals surface area contributed by atoms with Gasteiger partial charge in [0, 0.05) is 0 Å². The van der Waals surface area contributed by atoms with E-state index in [4.69, 9.17) is 0 Å². The first-order chi connectivity index (χ1) is 6.50. The largest absolute Gasteiger partial charge is 0.0885 e. The maximum Gasteiger partial charge on any atom is -0.0345 e. The molecular formula is C13H20. The van der Waals surface area contributed by atoms with Gasteiger partial charge >= 0.3 is 0 Å². The van der Waals surface area contributed by atoms with Crippen LogP contribution in [0.2, 0.25) is 0 Å². The third-order valence-electron chi connectivity index (χ3n) is 2.28. The van der Waals surface area contributed by atoms with Crippen LogP contribution in [0.3, 0.4) is 0 Å². The molecule has 0 saturated carbocycles. The van der Waals surface area contributed by atoms with Crippen molar-refractivity contribution in [2.45, 2.75) is 44.9 Å². The minimum atomic E-state index is 1.22. The summed E-state index contributed by atoms with van der Waals surface area (Å²) in [5.74, 6) is 0. The van der Waals surface area contributed by atoms with Gasteiger partial charge in [-0.3, -0.25) is 0 Å². The van der Waals surface area contributed by atoms with Gasteiger partial charge in [-0.2, -0.15) is 0 Å². The smallest absolute Gasteiger partial charge is 0.0345 e. The summed E-state index contributed by atoms with van der Waals surface area (Å²) in [7, 11) is 0. The fourth-order valence-electron chi connectivity index (χ4n) is 1.46. The van der Waals surface area contributed by atoms with Crippen molar-refractivity contribution in [3.63, 3.8) is 0 Å². The third kappa shape index (κ3) is 6.39. The van der Waals surface area contributed by atoms with Crippen LogP contribution in [0.5, 0.6) is 0 Å². The van der Waals surface area contributed by atoms with Gasteiger partial charge in [-0.15, -0.1) is 0 Å². The van der Waals surface area contributed by atoms with Gasteiger partial charge in [0.05, 0.1) is 0 Å². The summed E-state index contributed by atoms with van der Waals surface area (Å²) in [5.41, 5.74) is 0. The molecule has 0 N–H and O–H groups in total. The van der Waals surface area contributed by atoms with Gasteiger partial charge in [0.2, 0.25) is 0 Å². The molecule has 0 heterocycles. The van der Waals surface area contributed by atoms with Crippen molar-refractivity contribution in [2.75, 3.05) is 0 Å². The second kappa shape index (κ2) is 7.85. The highest BCUT2D eigenvalue weighted by Crippen LogP contribution is 2.05. The highest BCUT2D eigenvalue weighted by atomic mass is 13.9. The van der Waals surface area contributed by atoms with E-state index in [1.54, 1.807) is 0 Å². The SMILES string of the molecule is C1=CCCCC/C=C/C=C/CCC1. The molecule has 0 bridgehead atoms. The number of hydrogen-bond acceptors (Lipinski definition) is 0. The predicted molar refractivity (Wildman–Crippen MR) is 59.7 cm³/mol. The molecule has 0 heteroatoms. The van der Waals surface area contributed by atoms with E-state index >= 15 is 0 Å². The maximum atomic E-state index is 2.34. The second-order valence-corrected chi connectivity index (χ2v) is 3.54. The van der Waals surface area contributed by atoms with E-state index in [1.165, 1.54) is 44.9 Å². The first kappa shape index (κ1) is 10.3. The Kier molecular flexibility index (Phi) is 6.22. The van der Waals surface area contributed by atoms with Crippen molar-refractivity contribution in [3.8, 4) is 0 Å². The van der Waals surface area contributed by atoms with E-state index in [1.807, 2.05) is 0 Å². The zero-order valence-electron chi connectivity index (χ0n) is 8.41. The summed E-state index contributed by atoms with van der Waals surface area (Å²) in [5, 5.41) is 0. The maximum absolute atomic E-state index is 2.34. The van der Waals surface area contributed by atoms with Crippen LogP contribution in [-0.4, -0.2) is 0 Å². The lowest BCUT2D eigenvalue weighted by atomic mass is 10.1. The van der Waals surface area contributed by atoms with Gasteiger partial charge in [-0.05, 0) is 44.9 Å². The van der Waals surface area contributed by atoms with Crippen molar-refractivity contribution >= 4 is 0 Å². The molecule has 1 aliphatic rings. The minimum absolute atomic E-state index is 1.22. The van der Waals surface area contributed by atoms with Gasteiger partial charge in [0.1, 0.15) is 0 Å². The molecule has 72 valence electrons. The zero-order valence-corrected chi connectivity index (χ0v) is 8.41. The van der Waals surface area contributed by atoms with Crippen molar-refractivity contribution in [1.29, 1.82) is 0 Å². The Hall–Kier alpha value is -0.780. The standard InChI is InChI=1S/C13H20/c1-2-4-6-8-10-12-13-11-9-7-5-3-1/h1-4,11,13H,5-10,12H2/b3-1+,4-2+,13-11?. The van der Waals surface area contributed by atoms with Crippen LogP contribution in [0.1, 0.15) is 44.9 Å². The lowest BCUT2D eigenvalue weighted by Crippen LogP contribution is -1.72. The predicted octanol–water partition coefficient (Wildman–Crippen LogP) is 4.40. The minimum Gasteiger partial charge on any atom is -0.0885 e. The Labute approximate surface area is 82.0 Å². The molecule has 0 unspecified atom stereocenters. The molecule has 1 rings (SSSR count). The number of allylic oxidation sites excluding steroid dienone is 6. The summed E-state index contributed by atoms with van der Waals surface area (Å²) < 4.78 is 0. The third-order valence-corrected chi connectivity index (χ3v) is 2.28. The molecule has 0 aromatic heterocycles. The molecule has 0 nitrogen and oxygen atoms in total. The molecular weight excluding hydrogens is 156 g/mol. The lowest BCUT2D eigenvalue weighted by molar-refractivity contribution is 0.759. The molecule has 0 radical (unpaired) electrons. The normalized spacial score (nSPS) is 25.2. The summed E-state index contributed by atoms with van der Waals surface area (Å²) in [6.07, 6.45) is 22.5. The highest BCUT2D eigenvalue weighted by molar-refractivity contribution is 5.02. The molecule has 0 aromatic rings. The van der Waals surface area contributed by atoms with Gasteiger partial charge < -0.3 is 0 Å². The summed E-state index contributed by atoms with van der Waals surface area (Å²) >= 11 is 0. The summed E-state index contributed by atoms with van der Waals surface area (Å²) in [6, 6.07) is 0. The number of rotatable bonds is 0. The van der Waals surface area contributed by atoms with E-state index in [2.05, 4.69) is 36.5 Å². The van der Waals surface area contributed by atoms with Crippen molar-refractivity contribution in [2.24, 2.45) is 0 Å². The first-order valence-corrected chi connectivity index (χ1v) is 5.47. The highest BCUT2D eigenvalue weighted by Gasteiger charge is 1.85. The van der Waals surface area contributed by atoms with Crippen LogP contribution in [0.15, 0.2) is 36.5 Å². The van der Waals surface area contributed by atoms with Crippen LogP contribution < -0.4 is 0 Å². The summed E-state index contributed by atoms with van der Waals surface area (Å²) in [6.45, 7) is 0. The van der Waals surface area contributed by atoms with Crippen LogP contribution in [0.25, 0.3) is 0 Å². The monoisotopic (exact) mass is 176 g/mol. The van der Waals surface area contributed by atoms with Crippen LogP contribution in [0, 0.1) is 0 Å². The van der Waals surface area contributed by atoms with E-state index < -0.39 is 0 Å². The first-order valence-electron chi connectivity index (χ1n) is 5.47. The van der Waals surface area contributed by atoms with Gasteiger partial charge in [-0.25, -0.2) is 0 Å². The Morgan fingerprint density at radius 1 is 0.462 bits per heavy atom. The Morgan fingerprint density at radius 3 is 1.62 bits per heavy atom. The van der Waals surface area contributed by atoms with Crippen LogP contribution in [-0.2, 0) is 0 Å². The second-order valence-electron chi connectivity index (χ2n) is 3.54. The van der Waals surface area contributed by atoms with E-state index in [9.17, 15) is 0 Å². The molecule has 0 fully saturated rings. The average Bonchev–Trinajstić information content (AvgIpc) is 2.18. The fraction of sp³-hybridized carbons (Fsp3) is 0.538. The Morgan fingerprint density at radius 2 is 0.923 bits per heavy atom. The molecule has 13 heavy (non-hydrogen) atoms. The Balaban J connectivity index is 2.28. The molecule has 0 saturated heterocycles. The Bertz CT molecular complexity index is 184. The van der Waals surface area contributed by atoms with E-state index in [0.29, 0.717) is 0 Å².